The minimum atomic E-state index is -0.655. The van der Waals surface area contributed by atoms with Gasteiger partial charge in [0.2, 0.25) is 0 Å². The van der Waals surface area contributed by atoms with Crippen molar-refractivity contribution in [3.63, 3.8) is 0 Å². The van der Waals surface area contributed by atoms with Crippen LogP contribution in [0.2, 0.25) is 5.15 Å². The summed E-state index contributed by atoms with van der Waals surface area (Å²) in [7, 11) is 0. The smallest absolute Gasteiger partial charge is 0.300 e. The lowest BCUT2D eigenvalue weighted by Gasteiger charge is -2.27. The maximum atomic E-state index is 11.8. The van der Waals surface area contributed by atoms with E-state index in [2.05, 4.69) is 15.6 Å². The average Bonchev–Trinajstić information content (AvgIpc) is 2.22. The molecule has 90 valence electrons. The number of pyridine rings is 1. The van der Waals surface area contributed by atoms with E-state index in [1.807, 2.05) is 0 Å². The van der Waals surface area contributed by atoms with Gasteiger partial charge in [-0.15, -0.1) is 0 Å². The molecule has 17 heavy (non-hydrogen) atoms. The van der Waals surface area contributed by atoms with Crippen molar-refractivity contribution in [2.75, 3.05) is 13.1 Å². The molecule has 2 heterocycles. The number of carbonyl (C=O) groups is 1. The molecule has 2 N–H and O–H groups in total. The summed E-state index contributed by atoms with van der Waals surface area (Å²) in [5.41, 5.74) is -0.416. The molecule has 0 radical (unpaired) electrons. The molecule has 0 saturated carbocycles. The first-order valence-electron chi connectivity index (χ1n) is 4.89. The number of amides is 1. The Labute approximate surface area is 101 Å². The van der Waals surface area contributed by atoms with Gasteiger partial charge in [0.05, 0.1) is 11.0 Å². The van der Waals surface area contributed by atoms with Gasteiger partial charge in [0.1, 0.15) is 16.9 Å². The highest BCUT2D eigenvalue weighted by atomic mass is 35.5. The van der Waals surface area contributed by atoms with E-state index >= 15 is 0 Å². The minimum absolute atomic E-state index is 0.00837. The zero-order valence-electron chi connectivity index (χ0n) is 8.64. The third-order valence-electron chi connectivity index (χ3n) is 2.41. The van der Waals surface area contributed by atoms with Crippen LogP contribution < -0.4 is 10.6 Å². The van der Waals surface area contributed by atoms with E-state index in [1.165, 1.54) is 6.07 Å². The summed E-state index contributed by atoms with van der Waals surface area (Å²) >= 11 is 5.62. The van der Waals surface area contributed by atoms with Crippen molar-refractivity contribution in [3.05, 3.63) is 33.1 Å². The summed E-state index contributed by atoms with van der Waals surface area (Å²) in [6.07, 6.45) is 0.982. The fourth-order valence-electron chi connectivity index (χ4n) is 1.40. The molecule has 0 aromatic carbocycles. The molecule has 1 aromatic rings. The van der Waals surface area contributed by atoms with Crippen LogP contribution in [0.4, 0.5) is 5.69 Å². The van der Waals surface area contributed by atoms with Gasteiger partial charge in [-0.3, -0.25) is 14.9 Å². The summed E-state index contributed by atoms with van der Waals surface area (Å²) < 4.78 is 0. The lowest BCUT2D eigenvalue weighted by Crippen LogP contribution is -2.57. The first kappa shape index (κ1) is 11.7. The Morgan fingerprint density at radius 1 is 1.65 bits per heavy atom. The zero-order chi connectivity index (χ0) is 12.4. The summed E-state index contributed by atoms with van der Waals surface area (Å²) in [6, 6.07) is 1.20. The van der Waals surface area contributed by atoms with Crippen molar-refractivity contribution in [2.24, 2.45) is 0 Å². The third-order valence-corrected chi connectivity index (χ3v) is 2.61. The zero-order valence-corrected chi connectivity index (χ0v) is 9.40. The molecule has 0 atom stereocenters. The van der Waals surface area contributed by atoms with Crippen molar-refractivity contribution in [1.29, 1.82) is 0 Å². The second-order valence-electron chi connectivity index (χ2n) is 3.61. The highest BCUT2D eigenvalue weighted by Crippen LogP contribution is 2.20. The first-order chi connectivity index (χ1) is 8.08. The van der Waals surface area contributed by atoms with Crippen LogP contribution in [-0.2, 0) is 0 Å². The maximum Gasteiger partial charge on any atom is 0.300 e. The molecular formula is C9H9ClN4O3. The van der Waals surface area contributed by atoms with Crippen LogP contribution in [0.5, 0.6) is 0 Å². The molecule has 1 saturated heterocycles. The minimum Gasteiger partial charge on any atom is -0.347 e. The maximum absolute atomic E-state index is 11.8. The molecule has 0 bridgehead atoms. The Kier molecular flexibility index (Phi) is 3.21. The molecule has 1 amide bonds. The van der Waals surface area contributed by atoms with Crippen LogP contribution in [-0.4, -0.2) is 34.9 Å². The number of aromatic nitrogens is 1. The molecule has 2 rings (SSSR count). The first-order valence-corrected chi connectivity index (χ1v) is 5.27. The van der Waals surface area contributed by atoms with Crippen LogP contribution in [0.3, 0.4) is 0 Å². The van der Waals surface area contributed by atoms with E-state index in [9.17, 15) is 14.9 Å². The average molecular weight is 257 g/mol. The van der Waals surface area contributed by atoms with Crippen LogP contribution in [0, 0.1) is 10.1 Å². The second-order valence-corrected chi connectivity index (χ2v) is 4.00. The summed E-state index contributed by atoms with van der Waals surface area (Å²) in [5.74, 6) is -0.507. The highest BCUT2D eigenvalue weighted by molar-refractivity contribution is 6.29. The molecular weight excluding hydrogens is 248 g/mol. The van der Waals surface area contributed by atoms with E-state index in [-0.39, 0.29) is 22.4 Å². The van der Waals surface area contributed by atoms with Gasteiger partial charge in [0, 0.05) is 13.1 Å². The van der Waals surface area contributed by atoms with E-state index in [0.29, 0.717) is 13.1 Å². The predicted molar refractivity (Wildman–Crippen MR) is 60.0 cm³/mol. The fourth-order valence-corrected chi connectivity index (χ4v) is 1.56. The highest BCUT2D eigenvalue weighted by Gasteiger charge is 2.25. The Morgan fingerprint density at radius 3 is 2.88 bits per heavy atom. The topological polar surface area (TPSA) is 97.2 Å². The van der Waals surface area contributed by atoms with E-state index < -0.39 is 10.8 Å². The second kappa shape index (κ2) is 4.64. The Morgan fingerprint density at radius 2 is 2.35 bits per heavy atom. The van der Waals surface area contributed by atoms with Gasteiger partial charge >= 0.3 is 0 Å². The quantitative estimate of drug-likeness (QED) is 0.462. The van der Waals surface area contributed by atoms with Crippen molar-refractivity contribution < 1.29 is 9.72 Å². The van der Waals surface area contributed by atoms with E-state index in [1.54, 1.807) is 0 Å². The lowest BCUT2D eigenvalue weighted by molar-refractivity contribution is -0.385. The van der Waals surface area contributed by atoms with Crippen LogP contribution in [0.1, 0.15) is 10.4 Å². The number of carbonyl (C=O) groups excluding carboxylic acids is 1. The van der Waals surface area contributed by atoms with Crippen molar-refractivity contribution in [3.8, 4) is 0 Å². The normalized spacial score (nSPS) is 15.1. The Bertz CT molecular complexity index is 475. The molecule has 7 nitrogen and oxygen atoms in total. The van der Waals surface area contributed by atoms with Gasteiger partial charge in [-0.05, 0) is 6.07 Å². The molecule has 1 aliphatic rings. The number of rotatable bonds is 3. The fraction of sp³-hybridized carbons (Fsp3) is 0.333. The SMILES string of the molecule is O=C(NC1CNC1)c1cc(Cl)ncc1[N+](=O)[O-]. The van der Waals surface area contributed by atoms with Crippen LogP contribution >= 0.6 is 11.6 Å². The van der Waals surface area contributed by atoms with E-state index in [4.69, 9.17) is 11.6 Å². The number of halogens is 1. The largest absolute Gasteiger partial charge is 0.347 e. The van der Waals surface area contributed by atoms with Crippen molar-refractivity contribution >= 4 is 23.2 Å². The van der Waals surface area contributed by atoms with Gasteiger partial charge < -0.3 is 10.6 Å². The van der Waals surface area contributed by atoms with Gasteiger partial charge in [-0.25, -0.2) is 4.98 Å². The lowest BCUT2D eigenvalue weighted by atomic mass is 10.1. The molecule has 8 heteroatoms. The molecule has 1 fully saturated rings. The standard InChI is InChI=1S/C9H9ClN4O3/c10-8-1-6(7(4-12-8)14(16)17)9(15)13-5-2-11-3-5/h1,4-5,11H,2-3H2,(H,13,15). The number of nitro groups is 1. The third kappa shape index (κ3) is 2.51. The van der Waals surface area contributed by atoms with Crippen LogP contribution in [0.25, 0.3) is 0 Å². The molecule has 1 aromatic heterocycles. The number of hydrogen-bond donors (Lipinski definition) is 2. The van der Waals surface area contributed by atoms with Crippen molar-refractivity contribution in [1.82, 2.24) is 15.6 Å². The summed E-state index contributed by atoms with van der Waals surface area (Å²) in [4.78, 5) is 25.5. The Hall–Kier alpha value is -1.73. The summed E-state index contributed by atoms with van der Waals surface area (Å²) in [5, 5.41) is 16.4. The molecule has 1 aliphatic heterocycles. The van der Waals surface area contributed by atoms with Gasteiger partial charge in [0.15, 0.2) is 0 Å². The Balaban J connectivity index is 2.25. The van der Waals surface area contributed by atoms with Gasteiger partial charge in [-0.2, -0.15) is 0 Å². The molecule has 0 aliphatic carbocycles. The number of hydrogen-bond acceptors (Lipinski definition) is 5. The van der Waals surface area contributed by atoms with Crippen molar-refractivity contribution in [2.45, 2.75) is 6.04 Å². The monoisotopic (exact) mass is 256 g/mol. The predicted octanol–water partition coefficient (Wildman–Crippen LogP) is 0.345. The molecule has 0 spiro atoms. The van der Waals surface area contributed by atoms with Gasteiger partial charge in [-0.1, -0.05) is 11.6 Å². The van der Waals surface area contributed by atoms with Crippen LogP contribution in [0.15, 0.2) is 12.3 Å². The summed E-state index contributed by atoms with van der Waals surface area (Å²) in [6.45, 7) is 1.33. The van der Waals surface area contributed by atoms with E-state index in [0.717, 1.165) is 6.20 Å². The van der Waals surface area contributed by atoms with Gasteiger partial charge in [0.25, 0.3) is 11.6 Å². The molecule has 0 unspecified atom stereocenters. The number of nitrogens with one attached hydrogen (secondary N) is 2. The number of nitrogens with zero attached hydrogens (tertiary/aromatic N) is 2.